The highest BCUT2D eigenvalue weighted by molar-refractivity contribution is 5.94. The number of amides is 1. The Morgan fingerprint density at radius 1 is 1.61 bits per heavy atom. The smallest absolute Gasteiger partial charge is 0.255 e. The molecule has 1 amide bonds. The zero-order valence-electron chi connectivity index (χ0n) is 10.6. The van der Waals surface area contributed by atoms with Gasteiger partial charge in [-0.1, -0.05) is 11.8 Å². The van der Waals surface area contributed by atoms with E-state index in [2.05, 4.69) is 16.8 Å². The Hall–Kier alpha value is -1.90. The van der Waals surface area contributed by atoms with Crippen molar-refractivity contribution < 1.29 is 9.90 Å². The molecule has 0 aromatic carbocycles. The van der Waals surface area contributed by atoms with Crippen LogP contribution in [0.4, 0.5) is 0 Å². The largest absolute Gasteiger partial charge is 0.394 e. The van der Waals surface area contributed by atoms with E-state index < -0.39 is 0 Å². The summed E-state index contributed by atoms with van der Waals surface area (Å²) in [5, 5.41) is 9.03. The second-order valence-electron chi connectivity index (χ2n) is 3.92. The minimum atomic E-state index is -0.240. The summed E-state index contributed by atoms with van der Waals surface area (Å²) in [6.45, 7) is 1.95. The van der Waals surface area contributed by atoms with Crippen LogP contribution in [0.2, 0.25) is 0 Å². The molecule has 0 saturated heterocycles. The predicted molar refractivity (Wildman–Crippen MR) is 68.8 cm³/mol. The highest BCUT2D eigenvalue weighted by Gasteiger charge is 2.17. The molecule has 18 heavy (non-hydrogen) atoms. The maximum atomic E-state index is 12.1. The Bertz CT molecular complexity index is 477. The second kappa shape index (κ2) is 6.74. The lowest BCUT2D eigenvalue weighted by Crippen LogP contribution is -2.37. The van der Waals surface area contributed by atoms with Crippen molar-refractivity contribution in [3.05, 3.63) is 29.6 Å². The molecular weight excluding hydrogens is 230 g/mol. The molecule has 1 aromatic rings. The number of likely N-dealkylation sites (N-methyl/N-ethyl adjacent to an activating group) is 1. The van der Waals surface area contributed by atoms with Gasteiger partial charge in [-0.15, -0.1) is 0 Å². The maximum Gasteiger partial charge on any atom is 0.255 e. The van der Waals surface area contributed by atoms with E-state index in [4.69, 9.17) is 10.8 Å². The monoisotopic (exact) mass is 247 g/mol. The summed E-state index contributed by atoms with van der Waals surface area (Å²) in [4.78, 5) is 17.5. The third kappa shape index (κ3) is 3.55. The lowest BCUT2D eigenvalue weighted by Gasteiger charge is -2.23. The van der Waals surface area contributed by atoms with Crippen LogP contribution in [0.25, 0.3) is 0 Å². The van der Waals surface area contributed by atoms with Gasteiger partial charge in [0.15, 0.2) is 0 Å². The van der Waals surface area contributed by atoms with Crippen LogP contribution in [0.15, 0.2) is 18.5 Å². The summed E-state index contributed by atoms with van der Waals surface area (Å²) in [7, 11) is 1.64. The van der Waals surface area contributed by atoms with Gasteiger partial charge in [0.25, 0.3) is 5.91 Å². The fourth-order valence-corrected chi connectivity index (χ4v) is 1.30. The summed E-state index contributed by atoms with van der Waals surface area (Å²) >= 11 is 0. The summed E-state index contributed by atoms with van der Waals surface area (Å²) in [5.41, 5.74) is 6.38. The first-order chi connectivity index (χ1) is 8.60. The number of hydrogen-bond acceptors (Lipinski definition) is 4. The Labute approximate surface area is 107 Å². The van der Waals surface area contributed by atoms with Crippen molar-refractivity contribution in [2.45, 2.75) is 13.0 Å². The molecule has 0 saturated carbocycles. The van der Waals surface area contributed by atoms with Crippen LogP contribution >= 0.6 is 0 Å². The number of nitrogens with two attached hydrogens (primary N) is 1. The molecule has 3 N–H and O–H groups in total. The van der Waals surface area contributed by atoms with Gasteiger partial charge in [-0.25, -0.2) is 0 Å². The van der Waals surface area contributed by atoms with Gasteiger partial charge in [-0.2, -0.15) is 0 Å². The standard InChI is InChI=1S/C13H17N3O2/c1-10(9-17)16(2)13(18)12-6-11(4-3-5-14)7-15-8-12/h6-8,10,17H,5,9,14H2,1-2H3. The SMILES string of the molecule is CC(CO)N(C)C(=O)c1cncc(C#CCN)c1. The summed E-state index contributed by atoms with van der Waals surface area (Å²) < 4.78 is 0. The van der Waals surface area contributed by atoms with Crippen molar-refractivity contribution >= 4 is 5.91 Å². The molecule has 5 nitrogen and oxygen atoms in total. The first-order valence-corrected chi connectivity index (χ1v) is 5.62. The van der Waals surface area contributed by atoms with Crippen LogP contribution in [-0.4, -0.2) is 47.1 Å². The van der Waals surface area contributed by atoms with Gasteiger partial charge in [-0.05, 0) is 13.0 Å². The number of nitrogens with zero attached hydrogens (tertiary/aromatic N) is 2. The molecule has 1 aromatic heterocycles. The lowest BCUT2D eigenvalue weighted by molar-refractivity contribution is 0.0681. The number of carbonyl (C=O) groups is 1. The van der Waals surface area contributed by atoms with E-state index in [0.29, 0.717) is 11.1 Å². The molecule has 5 heteroatoms. The number of aromatic nitrogens is 1. The van der Waals surface area contributed by atoms with Crippen LogP contribution in [-0.2, 0) is 0 Å². The molecule has 96 valence electrons. The Balaban J connectivity index is 2.93. The minimum Gasteiger partial charge on any atom is -0.394 e. The quantitative estimate of drug-likeness (QED) is 0.728. The van der Waals surface area contributed by atoms with Crippen molar-refractivity contribution in [2.24, 2.45) is 5.73 Å². The fraction of sp³-hybridized carbons (Fsp3) is 0.385. The van der Waals surface area contributed by atoms with Gasteiger partial charge < -0.3 is 15.7 Å². The molecule has 1 unspecified atom stereocenters. The Morgan fingerprint density at radius 3 is 2.94 bits per heavy atom. The zero-order chi connectivity index (χ0) is 13.5. The molecule has 0 spiro atoms. The lowest BCUT2D eigenvalue weighted by atomic mass is 10.1. The highest BCUT2D eigenvalue weighted by Crippen LogP contribution is 2.07. The molecule has 0 aliphatic heterocycles. The normalized spacial score (nSPS) is 11.3. The van der Waals surface area contributed by atoms with E-state index in [-0.39, 0.29) is 25.1 Å². The average Bonchev–Trinajstić information content (AvgIpc) is 2.42. The molecule has 0 aliphatic rings. The number of rotatable bonds is 3. The molecule has 0 aliphatic carbocycles. The van der Waals surface area contributed by atoms with Gasteiger partial charge in [0, 0.05) is 25.0 Å². The summed E-state index contributed by atoms with van der Waals surface area (Å²) in [5.74, 6) is 5.34. The molecule has 0 radical (unpaired) electrons. The van der Waals surface area contributed by atoms with Gasteiger partial charge in [0.1, 0.15) is 0 Å². The van der Waals surface area contributed by atoms with E-state index >= 15 is 0 Å². The second-order valence-corrected chi connectivity index (χ2v) is 3.92. The number of pyridine rings is 1. The Kier molecular flexibility index (Phi) is 5.31. The molecule has 1 rings (SSSR count). The van der Waals surface area contributed by atoms with E-state index in [1.54, 1.807) is 26.2 Å². The van der Waals surface area contributed by atoms with E-state index in [1.807, 2.05) is 0 Å². The average molecular weight is 247 g/mol. The van der Waals surface area contributed by atoms with Crippen LogP contribution < -0.4 is 5.73 Å². The third-order valence-corrected chi connectivity index (χ3v) is 2.57. The highest BCUT2D eigenvalue weighted by atomic mass is 16.3. The van der Waals surface area contributed by atoms with Gasteiger partial charge in [-0.3, -0.25) is 9.78 Å². The maximum absolute atomic E-state index is 12.1. The molecule has 1 heterocycles. The van der Waals surface area contributed by atoms with Crippen molar-refractivity contribution in [1.29, 1.82) is 0 Å². The first-order valence-electron chi connectivity index (χ1n) is 5.62. The minimum absolute atomic E-state index is 0.0810. The van der Waals surface area contributed by atoms with Gasteiger partial charge >= 0.3 is 0 Å². The van der Waals surface area contributed by atoms with E-state index in [0.717, 1.165) is 0 Å². The molecular formula is C13H17N3O2. The number of aliphatic hydroxyl groups excluding tert-OH is 1. The van der Waals surface area contributed by atoms with E-state index in [9.17, 15) is 4.79 Å². The van der Waals surface area contributed by atoms with Crippen molar-refractivity contribution in [3.8, 4) is 11.8 Å². The number of hydrogen-bond donors (Lipinski definition) is 2. The number of aliphatic hydroxyl groups is 1. The van der Waals surface area contributed by atoms with Crippen LogP contribution in [0.5, 0.6) is 0 Å². The fourth-order valence-electron chi connectivity index (χ4n) is 1.30. The van der Waals surface area contributed by atoms with Crippen molar-refractivity contribution in [3.63, 3.8) is 0 Å². The topological polar surface area (TPSA) is 79.5 Å². The number of carbonyl (C=O) groups excluding carboxylic acids is 1. The van der Waals surface area contributed by atoms with E-state index in [1.165, 1.54) is 11.1 Å². The van der Waals surface area contributed by atoms with Gasteiger partial charge in [0.2, 0.25) is 0 Å². The molecule has 0 bridgehead atoms. The van der Waals surface area contributed by atoms with Crippen molar-refractivity contribution in [1.82, 2.24) is 9.88 Å². The van der Waals surface area contributed by atoms with Crippen LogP contribution in [0.1, 0.15) is 22.8 Å². The summed E-state index contributed by atoms with van der Waals surface area (Å²) in [6, 6.07) is 1.43. The molecule has 0 fully saturated rings. The zero-order valence-corrected chi connectivity index (χ0v) is 10.6. The van der Waals surface area contributed by atoms with Gasteiger partial charge in [0.05, 0.1) is 24.8 Å². The predicted octanol–water partition coefficient (Wildman–Crippen LogP) is -0.155. The molecule has 1 atom stereocenters. The van der Waals surface area contributed by atoms with Crippen LogP contribution in [0, 0.1) is 11.8 Å². The third-order valence-electron chi connectivity index (χ3n) is 2.57. The van der Waals surface area contributed by atoms with Crippen molar-refractivity contribution in [2.75, 3.05) is 20.2 Å². The van der Waals surface area contributed by atoms with Crippen LogP contribution in [0.3, 0.4) is 0 Å². The Morgan fingerprint density at radius 2 is 2.33 bits per heavy atom. The first kappa shape index (κ1) is 14.2. The summed E-state index contributed by atoms with van der Waals surface area (Å²) in [6.07, 6.45) is 3.06.